The number of hydrogen-bond donors (Lipinski definition) is 1. The van der Waals surface area contributed by atoms with Crippen LogP contribution in [0.2, 0.25) is 0 Å². The zero-order valence-electron chi connectivity index (χ0n) is 7.02. The summed E-state index contributed by atoms with van der Waals surface area (Å²) in [6.07, 6.45) is 0.584. The smallest absolute Gasteiger partial charge is 0.150 e. The second-order valence-electron chi connectivity index (χ2n) is 3.23. The lowest BCUT2D eigenvalue weighted by molar-refractivity contribution is 0.310. The van der Waals surface area contributed by atoms with Gasteiger partial charge in [0.25, 0.3) is 0 Å². The Bertz CT molecular complexity index is 170. The van der Waals surface area contributed by atoms with Crippen LogP contribution in [0.1, 0.15) is 20.3 Å². The van der Waals surface area contributed by atoms with Gasteiger partial charge in [-0.2, -0.15) is 0 Å². The zero-order chi connectivity index (χ0) is 9.78. The largest absolute Gasteiger partial charge is 0.410 e. The van der Waals surface area contributed by atoms with Crippen LogP contribution in [-0.4, -0.2) is 21.6 Å². The number of rotatable bonds is 4. The van der Waals surface area contributed by atoms with Crippen molar-refractivity contribution in [1.82, 2.24) is 0 Å². The van der Waals surface area contributed by atoms with Crippen molar-refractivity contribution < 1.29 is 5.21 Å². The van der Waals surface area contributed by atoms with E-state index in [0.29, 0.717) is 12.3 Å². The highest BCUT2D eigenvalue weighted by molar-refractivity contribution is 6.66. The van der Waals surface area contributed by atoms with E-state index in [1.807, 2.05) is 13.8 Å². The molecule has 0 saturated heterocycles. The van der Waals surface area contributed by atoms with Gasteiger partial charge in [0.1, 0.15) is 0 Å². The third-order valence-electron chi connectivity index (χ3n) is 1.55. The minimum Gasteiger partial charge on any atom is -0.410 e. The summed E-state index contributed by atoms with van der Waals surface area (Å²) in [4.78, 5) is 0. The lowest BCUT2D eigenvalue weighted by Gasteiger charge is -2.23. The molecule has 0 fully saturated rings. The van der Waals surface area contributed by atoms with Gasteiger partial charge in [-0.25, -0.2) is 0 Å². The van der Waals surface area contributed by atoms with Gasteiger partial charge in [0.05, 0.1) is 0 Å². The molecule has 0 aromatic heterocycles. The van der Waals surface area contributed by atoms with Crippen LogP contribution in [0.25, 0.3) is 0 Å². The highest BCUT2D eigenvalue weighted by Gasteiger charge is 2.27. The third-order valence-corrected chi connectivity index (χ3v) is 2.97. The second kappa shape index (κ2) is 5.15. The highest BCUT2D eigenvalue weighted by atomic mass is 35.5. The molecule has 0 aliphatic heterocycles. The van der Waals surface area contributed by atoms with Crippen LogP contribution < -0.4 is 0 Å². The van der Waals surface area contributed by atoms with Gasteiger partial charge in [-0.1, -0.05) is 30.6 Å². The molecular weight excluding hydrogens is 220 g/mol. The molecule has 5 heteroatoms. The Morgan fingerprint density at radius 2 is 2.08 bits per heavy atom. The molecule has 0 bridgehead atoms. The number of alkyl halides is 2. The van der Waals surface area contributed by atoms with Gasteiger partial charge in [-0.3, -0.25) is 0 Å². The van der Waals surface area contributed by atoms with Crippen molar-refractivity contribution in [3.8, 4) is 0 Å². The summed E-state index contributed by atoms with van der Waals surface area (Å²) in [6.45, 7) is 3.69. The predicted octanol–water partition coefficient (Wildman–Crippen LogP) is 3.28. The first-order valence-corrected chi connectivity index (χ1v) is 4.87. The maximum absolute atomic E-state index is 8.44. The molecule has 0 heterocycles. The van der Waals surface area contributed by atoms with E-state index in [0.717, 1.165) is 0 Å². The van der Waals surface area contributed by atoms with E-state index >= 15 is 0 Å². The van der Waals surface area contributed by atoms with E-state index in [2.05, 4.69) is 5.16 Å². The van der Waals surface area contributed by atoms with E-state index in [-0.39, 0.29) is 10.5 Å². The van der Waals surface area contributed by atoms with E-state index in [9.17, 15) is 0 Å². The van der Waals surface area contributed by atoms with Crippen LogP contribution in [0, 0.1) is 5.41 Å². The molecule has 72 valence electrons. The average molecular weight is 233 g/mol. The highest BCUT2D eigenvalue weighted by Crippen LogP contribution is 2.28. The lowest BCUT2D eigenvalue weighted by atomic mass is 9.89. The Labute approximate surface area is 87.5 Å². The van der Waals surface area contributed by atoms with Crippen molar-refractivity contribution in [1.29, 1.82) is 0 Å². The SMILES string of the molecule is CC(C)(CC(Cl)CCl)C(Cl)=NO. The predicted molar refractivity (Wildman–Crippen MR) is 53.8 cm³/mol. The summed E-state index contributed by atoms with van der Waals surface area (Å²) in [5, 5.41) is 11.4. The number of nitrogens with zero attached hydrogens (tertiary/aromatic N) is 1. The summed E-state index contributed by atoms with van der Waals surface area (Å²) < 4.78 is 0. The first-order chi connectivity index (χ1) is 5.44. The number of halogens is 3. The topological polar surface area (TPSA) is 32.6 Å². The molecule has 0 aromatic carbocycles. The van der Waals surface area contributed by atoms with E-state index in [4.69, 9.17) is 40.0 Å². The standard InChI is InChI=1S/C7H12Cl3NO/c1-7(2,6(10)11-12)3-5(9)4-8/h5,12H,3-4H2,1-2H3. The zero-order valence-corrected chi connectivity index (χ0v) is 9.29. The first-order valence-electron chi connectivity index (χ1n) is 3.52. The van der Waals surface area contributed by atoms with Crippen LogP contribution >= 0.6 is 34.8 Å². The summed E-state index contributed by atoms with van der Waals surface area (Å²) in [6, 6.07) is 0. The normalized spacial score (nSPS) is 16.2. The lowest BCUT2D eigenvalue weighted by Crippen LogP contribution is -2.24. The van der Waals surface area contributed by atoms with Gasteiger partial charge in [0, 0.05) is 16.7 Å². The minimum absolute atomic E-state index is 0.151. The van der Waals surface area contributed by atoms with Gasteiger partial charge in [-0.15, -0.1) is 23.2 Å². The summed E-state index contributed by atoms with van der Waals surface area (Å²) in [5.74, 6) is 0.362. The van der Waals surface area contributed by atoms with Crippen LogP contribution in [0.5, 0.6) is 0 Å². The Kier molecular flexibility index (Phi) is 5.30. The molecule has 1 N–H and O–H groups in total. The molecule has 12 heavy (non-hydrogen) atoms. The van der Waals surface area contributed by atoms with Gasteiger partial charge in [0.2, 0.25) is 0 Å². The molecule has 1 atom stereocenters. The van der Waals surface area contributed by atoms with Crippen molar-refractivity contribution in [2.24, 2.45) is 10.6 Å². The number of hydrogen-bond acceptors (Lipinski definition) is 2. The molecule has 0 spiro atoms. The molecule has 0 aliphatic carbocycles. The van der Waals surface area contributed by atoms with Crippen molar-refractivity contribution in [3.63, 3.8) is 0 Å². The molecule has 2 nitrogen and oxygen atoms in total. The van der Waals surface area contributed by atoms with Crippen molar-refractivity contribution in [3.05, 3.63) is 0 Å². The molecular formula is C7H12Cl3NO. The van der Waals surface area contributed by atoms with Crippen LogP contribution in [0.4, 0.5) is 0 Å². The quantitative estimate of drug-likeness (QED) is 0.343. The Morgan fingerprint density at radius 1 is 1.58 bits per heavy atom. The van der Waals surface area contributed by atoms with E-state index in [1.54, 1.807) is 0 Å². The Morgan fingerprint density at radius 3 is 2.42 bits per heavy atom. The van der Waals surface area contributed by atoms with Crippen LogP contribution in [0.3, 0.4) is 0 Å². The van der Waals surface area contributed by atoms with Gasteiger partial charge in [0.15, 0.2) is 5.17 Å². The van der Waals surface area contributed by atoms with Crippen molar-refractivity contribution >= 4 is 40.0 Å². The van der Waals surface area contributed by atoms with E-state index in [1.165, 1.54) is 0 Å². The molecule has 0 radical (unpaired) electrons. The number of oxime groups is 1. The van der Waals surface area contributed by atoms with Crippen molar-refractivity contribution in [2.45, 2.75) is 25.6 Å². The fourth-order valence-corrected chi connectivity index (χ4v) is 1.40. The monoisotopic (exact) mass is 231 g/mol. The Hall–Kier alpha value is 0.340. The van der Waals surface area contributed by atoms with Crippen LogP contribution in [0.15, 0.2) is 5.16 Å². The first kappa shape index (κ1) is 12.3. The molecule has 0 aromatic rings. The maximum Gasteiger partial charge on any atom is 0.150 e. The molecule has 0 aliphatic rings. The van der Waals surface area contributed by atoms with Gasteiger partial charge >= 0.3 is 0 Å². The molecule has 0 saturated carbocycles. The average Bonchev–Trinajstić information content (AvgIpc) is 2.02. The summed E-state index contributed by atoms with van der Waals surface area (Å²) >= 11 is 17.0. The van der Waals surface area contributed by atoms with Crippen molar-refractivity contribution in [2.75, 3.05) is 5.88 Å². The van der Waals surface area contributed by atoms with E-state index < -0.39 is 5.41 Å². The van der Waals surface area contributed by atoms with Gasteiger partial charge < -0.3 is 5.21 Å². The molecule has 0 rings (SSSR count). The second-order valence-corrected chi connectivity index (χ2v) is 4.51. The minimum atomic E-state index is -0.419. The summed E-state index contributed by atoms with van der Waals surface area (Å²) in [7, 11) is 0. The third kappa shape index (κ3) is 3.83. The van der Waals surface area contributed by atoms with Crippen LogP contribution in [-0.2, 0) is 0 Å². The molecule has 0 amide bonds. The fraction of sp³-hybridized carbons (Fsp3) is 0.857. The summed E-state index contributed by atoms with van der Waals surface area (Å²) in [5.41, 5.74) is -0.419. The van der Waals surface area contributed by atoms with Gasteiger partial charge in [-0.05, 0) is 6.42 Å². The Balaban J connectivity index is 4.22. The molecule has 1 unspecified atom stereocenters. The fourth-order valence-electron chi connectivity index (χ4n) is 0.828. The maximum atomic E-state index is 8.44.